The van der Waals surface area contributed by atoms with Crippen LogP contribution in [0.1, 0.15) is 10.4 Å². The van der Waals surface area contributed by atoms with Crippen LogP contribution in [0, 0.1) is 0 Å². The van der Waals surface area contributed by atoms with Gasteiger partial charge in [-0.25, -0.2) is 0 Å². The molecule has 2 aliphatic heterocycles. The van der Waals surface area contributed by atoms with Crippen LogP contribution in [-0.4, -0.2) is 61.4 Å². The summed E-state index contributed by atoms with van der Waals surface area (Å²) in [7, 11) is 2.05. The summed E-state index contributed by atoms with van der Waals surface area (Å²) in [5.74, 6) is 0.404. The lowest BCUT2D eigenvalue weighted by atomic mass is 10.1. The average Bonchev–Trinajstić information content (AvgIpc) is 2.47. The van der Waals surface area contributed by atoms with Gasteiger partial charge in [0.2, 0.25) is 0 Å². The average molecular weight is 275 g/mol. The maximum atomic E-state index is 12.4. The highest BCUT2D eigenvalue weighted by molar-refractivity contribution is 5.99. The minimum absolute atomic E-state index is 0.000840. The first-order valence-electron chi connectivity index (χ1n) is 6.68. The largest absolute Gasteiger partial charge is 0.482 e. The monoisotopic (exact) mass is 275 g/mol. The quantitative estimate of drug-likeness (QED) is 0.806. The number of benzene rings is 1. The maximum Gasteiger partial charge on any atom is 0.262 e. The molecule has 0 bridgehead atoms. The minimum Gasteiger partial charge on any atom is -0.482 e. The van der Waals surface area contributed by atoms with Crippen LogP contribution in [0.15, 0.2) is 18.2 Å². The van der Waals surface area contributed by atoms with Gasteiger partial charge in [-0.2, -0.15) is 0 Å². The number of rotatable bonds is 1. The van der Waals surface area contributed by atoms with Gasteiger partial charge in [-0.05, 0) is 25.2 Å². The molecular weight excluding hydrogens is 258 g/mol. The van der Waals surface area contributed by atoms with E-state index in [1.165, 1.54) is 0 Å². The second-order valence-electron chi connectivity index (χ2n) is 5.14. The number of carbonyl (C=O) groups excluding carboxylic acids is 2. The molecule has 0 radical (unpaired) electrons. The van der Waals surface area contributed by atoms with E-state index in [2.05, 4.69) is 17.3 Å². The Kier molecular flexibility index (Phi) is 3.31. The van der Waals surface area contributed by atoms with E-state index >= 15 is 0 Å². The number of hydrogen-bond acceptors (Lipinski definition) is 4. The third-order valence-corrected chi connectivity index (χ3v) is 3.65. The van der Waals surface area contributed by atoms with E-state index in [1.54, 1.807) is 18.2 Å². The maximum absolute atomic E-state index is 12.4. The summed E-state index contributed by atoms with van der Waals surface area (Å²) >= 11 is 0. The lowest BCUT2D eigenvalue weighted by Gasteiger charge is -2.32. The third-order valence-electron chi connectivity index (χ3n) is 3.65. The van der Waals surface area contributed by atoms with Crippen LogP contribution in [0.3, 0.4) is 0 Å². The molecule has 1 saturated heterocycles. The van der Waals surface area contributed by atoms with E-state index in [9.17, 15) is 9.59 Å². The van der Waals surface area contributed by atoms with Gasteiger partial charge in [-0.15, -0.1) is 0 Å². The number of nitrogens with zero attached hydrogens (tertiary/aromatic N) is 2. The van der Waals surface area contributed by atoms with E-state index in [-0.39, 0.29) is 18.4 Å². The number of amides is 2. The highest BCUT2D eigenvalue weighted by atomic mass is 16.5. The summed E-state index contributed by atoms with van der Waals surface area (Å²) in [6.45, 7) is 3.26. The van der Waals surface area contributed by atoms with Crippen molar-refractivity contribution in [1.82, 2.24) is 9.80 Å². The molecule has 1 aromatic rings. The van der Waals surface area contributed by atoms with Crippen LogP contribution < -0.4 is 10.1 Å². The molecule has 0 saturated carbocycles. The first kappa shape index (κ1) is 12.9. The Morgan fingerprint density at radius 3 is 2.75 bits per heavy atom. The summed E-state index contributed by atoms with van der Waals surface area (Å²) < 4.78 is 5.34. The lowest BCUT2D eigenvalue weighted by molar-refractivity contribution is -0.118. The van der Waals surface area contributed by atoms with Gasteiger partial charge in [-0.3, -0.25) is 9.59 Å². The fraction of sp³-hybridized carbons (Fsp3) is 0.429. The molecular formula is C14H17N3O3. The van der Waals surface area contributed by atoms with Crippen LogP contribution in [-0.2, 0) is 4.79 Å². The predicted octanol–water partition coefficient (Wildman–Crippen LogP) is 0.405. The normalized spacial score (nSPS) is 19.1. The molecule has 0 aromatic heterocycles. The number of ether oxygens (including phenoxy) is 1. The Labute approximate surface area is 117 Å². The number of likely N-dealkylation sites (N-methyl/N-ethyl adjacent to an activating group) is 1. The number of carbonyl (C=O) groups is 2. The zero-order chi connectivity index (χ0) is 14.1. The SMILES string of the molecule is CN1CCN(C(=O)c2ccc3c(c2)OCC(=O)N3)CC1. The Morgan fingerprint density at radius 2 is 2.00 bits per heavy atom. The van der Waals surface area contributed by atoms with Crippen molar-refractivity contribution in [2.45, 2.75) is 0 Å². The van der Waals surface area contributed by atoms with Crippen LogP contribution in [0.2, 0.25) is 0 Å². The molecule has 6 nitrogen and oxygen atoms in total. The molecule has 2 aliphatic rings. The van der Waals surface area contributed by atoms with E-state index in [0.717, 1.165) is 26.2 Å². The van der Waals surface area contributed by atoms with E-state index < -0.39 is 0 Å². The molecule has 2 heterocycles. The topological polar surface area (TPSA) is 61.9 Å². The van der Waals surface area contributed by atoms with Crippen LogP contribution in [0.25, 0.3) is 0 Å². The molecule has 0 unspecified atom stereocenters. The van der Waals surface area contributed by atoms with Crippen molar-refractivity contribution in [2.75, 3.05) is 45.2 Å². The standard InChI is InChI=1S/C14H17N3O3/c1-16-4-6-17(7-5-16)14(19)10-2-3-11-12(8-10)20-9-13(18)15-11/h2-3,8H,4-7,9H2,1H3,(H,15,18). The van der Waals surface area contributed by atoms with Gasteiger partial charge in [0.25, 0.3) is 11.8 Å². The predicted molar refractivity (Wildman–Crippen MR) is 74.0 cm³/mol. The number of piperazine rings is 1. The molecule has 6 heteroatoms. The summed E-state index contributed by atoms with van der Waals surface area (Å²) in [5.41, 5.74) is 1.22. The van der Waals surface area contributed by atoms with E-state index in [0.29, 0.717) is 17.0 Å². The molecule has 2 amide bonds. The van der Waals surface area contributed by atoms with Gasteiger partial charge in [0.05, 0.1) is 5.69 Å². The van der Waals surface area contributed by atoms with E-state index in [4.69, 9.17) is 4.74 Å². The molecule has 0 atom stereocenters. The molecule has 1 aromatic carbocycles. The van der Waals surface area contributed by atoms with Gasteiger partial charge in [0, 0.05) is 31.7 Å². The number of hydrogen-bond donors (Lipinski definition) is 1. The Bertz CT molecular complexity index is 551. The zero-order valence-electron chi connectivity index (χ0n) is 11.4. The van der Waals surface area contributed by atoms with Crippen molar-refractivity contribution in [3.05, 3.63) is 23.8 Å². The third kappa shape index (κ3) is 2.46. The summed E-state index contributed by atoms with van der Waals surface area (Å²) in [6.07, 6.45) is 0. The summed E-state index contributed by atoms with van der Waals surface area (Å²) in [5, 5.41) is 2.72. The summed E-state index contributed by atoms with van der Waals surface area (Å²) in [4.78, 5) is 27.7. The van der Waals surface area contributed by atoms with Crippen molar-refractivity contribution in [1.29, 1.82) is 0 Å². The Morgan fingerprint density at radius 1 is 1.25 bits per heavy atom. The molecule has 0 spiro atoms. The highest BCUT2D eigenvalue weighted by Crippen LogP contribution is 2.29. The fourth-order valence-corrected chi connectivity index (χ4v) is 2.40. The second-order valence-corrected chi connectivity index (χ2v) is 5.14. The number of fused-ring (bicyclic) bond motifs is 1. The lowest BCUT2D eigenvalue weighted by Crippen LogP contribution is -2.47. The first-order valence-corrected chi connectivity index (χ1v) is 6.68. The van der Waals surface area contributed by atoms with Crippen molar-refractivity contribution in [2.24, 2.45) is 0 Å². The molecule has 1 fully saturated rings. The smallest absolute Gasteiger partial charge is 0.262 e. The number of nitrogens with one attached hydrogen (secondary N) is 1. The fourth-order valence-electron chi connectivity index (χ4n) is 2.40. The van der Waals surface area contributed by atoms with Gasteiger partial charge in [0.15, 0.2) is 6.61 Å². The van der Waals surface area contributed by atoms with Gasteiger partial charge in [0.1, 0.15) is 5.75 Å². The first-order chi connectivity index (χ1) is 9.63. The van der Waals surface area contributed by atoms with Crippen molar-refractivity contribution >= 4 is 17.5 Å². The number of anilines is 1. The summed E-state index contributed by atoms with van der Waals surface area (Å²) in [6, 6.07) is 5.15. The molecule has 3 rings (SSSR count). The van der Waals surface area contributed by atoms with E-state index in [1.807, 2.05) is 4.90 Å². The molecule has 20 heavy (non-hydrogen) atoms. The van der Waals surface area contributed by atoms with Crippen molar-refractivity contribution in [3.8, 4) is 5.75 Å². The Hall–Kier alpha value is -2.08. The van der Waals surface area contributed by atoms with Crippen LogP contribution >= 0.6 is 0 Å². The van der Waals surface area contributed by atoms with Gasteiger partial charge < -0.3 is 19.9 Å². The zero-order valence-corrected chi connectivity index (χ0v) is 11.4. The van der Waals surface area contributed by atoms with Crippen LogP contribution in [0.5, 0.6) is 5.75 Å². The van der Waals surface area contributed by atoms with Gasteiger partial charge >= 0.3 is 0 Å². The Balaban J connectivity index is 1.77. The van der Waals surface area contributed by atoms with Crippen LogP contribution in [0.4, 0.5) is 5.69 Å². The van der Waals surface area contributed by atoms with Crippen molar-refractivity contribution < 1.29 is 14.3 Å². The van der Waals surface area contributed by atoms with Crippen molar-refractivity contribution in [3.63, 3.8) is 0 Å². The highest BCUT2D eigenvalue weighted by Gasteiger charge is 2.23. The molecule has 1 N–H and O–H groups in total. The molecule has 0 aliphatic carbocycles. The minimum atomic E-state index is -0.171. The second kappa shape index (κ2) is 5.13. The molecule has 106 valence electrons. The van der Waals surface area contributed by atoms with Gasteiger partial charge in [-0.1, -0.05) is 0 Å².